The van der Waals surface area contributed by atoms with E-state index in [0.717, 1.165) is 10.0 Å². The Morgan fingerprint density at radius 1 is 1.00 bits per heavy atom. The largest absolute Gasteiger partial charge is 0.324 e. The van der Waals surface area contributed by atoms with Gasteiger partial charge in [0.05, 0.1) is 0 Å². The van der Waals surface area contributed by atoms with E-state index in [-0.39, 0.29) is 6.04 Å². The molecule has 100 valence electrons. The van der Waals surface area contributed by atoms with Crippen LogP contribution in [0.5, 0.6) is 0 Å². The Labute approximate surface area is 127 Å². The topological polar surface area (TPSA) is 26.0 Å². The first-order chi connectivity index (χ1) is 8.97. The van der Waals surface area contributed by atoms with Crippen molar-refractivity contribution in [2.45, 2.75) is 36.6 Å². The smallest absolute Gasteiger partial charge is 0.0277 e. The number of hydrogen-bond donors (Lipinski definition) is 1. The molecule has 19 heavy (non-hydrogen) atoms. The fourth-order valence-corrected chi connectivity index (χ4v) is 3.70. The minimum atomic E-state index is 0.0510. The summed E-state index contributed by atoms with van der Waals surface area (Å²) in [5.41, 5.74) is 9.72. The normalized spacial score (nSPS) is 12.5. The summed E-state index contributed by atoms with van der Waals surface area (Å²) < 4.78 is 1.08. The van der Waals surface area contributed by atoms with E-state index in [1.54, 1.807) is 11.8 Å². The molecule has 1 nitrogen and oxygen atoms in total. The van der Waals surface area contributed by atoms with Gasteiger partial charge in [0, 0.05) is 20.3 Å². The molecule has 2 N–H and O–H groups in total. The zero-order valence-electron chi connectivity index (χ0n) is 11.4. The lowest BCUT2D eigenvalue weighted by Crippen LogP contribution is -2.05. The molecule has 0 radical (unpaired) electrons. The van der Waals surface area contributed by atoms with Crippen molar-refractivity contribution in [3.05, 3.63) is 57.6 Å². The minimum absolute atomic E-state index is 0.0510. The maximum Gasteiger partial charge on any atom is 0.0277 e. The van der Waals surface area contributed by atoms with E-state index in [1.807, 2.05) is 6.92 Å². The van der Waals surface area contributed by atoms with Crippen LogP contribution in [0.3, 0.4) is 0 Å². The Hall–Kier alpha value is -0.770. The molecule has 0 spiro atoms. The first-order valence-electron chi connectivity index (χ1n) is 6.27. The third kappa shape index (κ3) is 3.62. The summed E-state index contributed by atoms with van der Waals surface area (Å²) in [4.78, 5) is 2.49. The zero-order chi connectivity index (χ0) is 14.0. The van der Waals surface area contributed by atoms with Crippen LogP contribution in [-0.4, -0.2) is 0 Å². The van der Waals surface area contributed by atoms with Crippen molar-refractivity contribution in [1.82, 2.24) is 0 Å². The van der Waals surface area contributed by atoms with Gasteiger partial charge in [-0.2, -0.15) is 0 Å². The van der Waals surface area contributed by atoms with Gasteiger partial charge in [0.1, 0.15) is 0 Å². The lowest BCUT2D eigenvalue weighted by atomic mass is 10.1. The van der Waals surface area contributed by atoms with E-state index in [0.29, 0.717) is 0 Å². The molecular formula is C16H18BrNS. The van der Waals surface area contributed by atoms with Crippen LogP contribution < -0.4 is 5.73 Å². The van der Waals surface area contributed by atoms with Crippen LogP contribution in [0.1, 0.15) is 29.7 Å². The van der Waals surface area contributed by atoms with Crippen LogP contribution in [0.15, 0.2) is 50.7 Å². The van der Waals surface area contributed by atoms with Gasteiger partial charge >= 0.3 is 0 Å². The molecule has 2 aromatic rings. The Kier molecular flexibility index (Phi) is 4.71. The zero-order valence-corrected chi connectivity index (χ0v) is 13.8. The minimum Gasteiger partial charge on any atom is -0.324 e. The van der Waals surface area contributed by atoms with Crippen molar-refractivity contribution in [1.29, 1.82) is 0 Å². The second kappa shape index (κ2) is 6.12. The molecule has 0 aliphatic rings. The van der Waals surface area contributed by atoms with Gasteiger partial charge in [-0.25, -0.2) is 0 Å². The van der Waals surface area contributed by atoms with E-state index >= 15 is 0 Å². The second-order valence-electron chi connectivity index (χ2n) is 4.82. The summed E-state index contributed by atoms with van der Waals surface area (Å²) in [6, 6.07) is 13.0. The standard InChI is InChI=1S/C16H18BrNS/c1-10-4-5-13(8-11(10)2)19-14-6-7-15(12(3)18)16(17)9-14/h4-9,12H,18H2,1-3H3/t12-/m0/s1. The highest BCUT2D eigenvalue weighted by atomic mass is 79.9. The van der Waals surface area contributed by atoms with Crippen LogP contribution in [0.25, 0.3) is 0 Å². The average Bonchev–Trinajstić information content (AvgIpc) is 2.33. The molecule has 0 fully saturated rings. The lowest BCUT2D eigenvalue weighted by molar-refractivity contribution is 0.811. The molecule has 0 aromatic heterocycles. The molecule has 0 aliphatic heterocycles. The predicted molar refractivity (Wildman–Crippen MR) is 86.8 cm³/mol. The van der Waals surface area contributed by atoms with Gasteiger partial charge in [0.25, 0.3) is 0 Å². The van der Waals surface area contributed by atoms with Crippen molar-refractivity contribution in [2.75, 3.05) is 0 Å². The van der Waals surface area contributed by atoms with Gasteiger partial charge < -0.3 is 5.73 Å². The summed E-state index contributed by atoms with van der Waals surface area (Å²) in [7, 11) is 0. The molecule has 2 aromatic carbocycles. The van der Waals surface area contributed by atoms with Crippen LogP contribution in [-0.2, 0) is 0 Å². The Morgan fingerprint density at radius 2 is 1.63 bits per heavy atom. The molecular weight excluding hydrogens is 318 g/mol. The second-order valence-corrected chi connectivity index (χ2v) is 6.82. The predicted octanol–water partition coefficient (Wildman–Crippen LogP) is 5.24. The summed E-state index contributed by atoms with van der Waals surface area (Å²) >= 11 is 5.37. The number of rotatable bonds is 3. The molecule has 3 heteroatoms. The monoisotopic (exact) mass is 335 g/mol. The van der Waals surface area contributed by atoms with Gasteiger partial charge in [-0.05, 0) is 61.7 Å². The molecule has 0 heterocycles. The van der Waals surface area contributed by atoms with Crippen molar-refractivity contribution in [2.24, 2.45) is 5.73 Å². The van der Waals surface area contributed by atoms with E-state index in [9.17, 15) is 0 Å². The van der Waals surface area contributed by atoms with Gasteiger partial charge in [0.15, 0.2) is 0 Å². The van der Waals surface area contributed by atoms with Crippen LogP contribution >= 0.6 is 27.7 Å². The first kappa shape index (κ1) is 14.6. The summed E-state index contributed by atoms with van der Waals surface area (Å²) in [6.45, 7) is 6.28. The molecule has 0 saturated carbocycles. The summed E-state index contributed by atoms with van der Waals surface area (Å²) in [5.74, 6) is 0. The number of aryl methyl sites for hydroxylation is 2. The molecule has 1 atom stereocenters. The maximum atomic E-state index is 5.92. The van der Waals surface area contributed by atoms with Crippen LogP contribution in [0.4, 0.5) is 0 Å². The molecule has 0 saturated heterocycles. The van der Waals surface area contributed by atoms with Gasteiger partial charge in [-0.3, -0.25) is 0 Å². The number of nitrogens with two attached hydrogens (primary N) is 1. The Bertz CT molecular complexity index is 593. The molecule has 0 amide bonds. The van der Waals surface area contributed by atoms with Crippen molar-refractivity contribution in [3.8, 4) is 0 Å². The highest BCUT2D eigenvalue weighted by molar-refractivity contribution is 9.10. The van der Waals surface area contributed by atoms with Gasteiger partial charge in [0.2, 0.25) is 0 Å². The third-order valence-electron chi connectivity index (χ3n) is 3.18. The van der Waals surface area contributed by atoms with Crippen LogP contribution in [0, 0.1) is 13.8 Å². The van der Waals surface area contributed by atoms with E-state index in [4.69, 9.17) is 5.73 Å². The molecule has 0 aliphatic carbocycles. The quantitative estimate of drug-likeness (QED) is 0.830. The van der Waals surface area contributed by atoms with Crippen molar-refractivity contribution in [3.63, 3.8) is 0 Å². The maximum absolute atomic E-state index is 5.92. The SMILES string of the molecule is Cc1ccc(Sc2ccc([C@H](C)N)c(Br)c2)cc1C. The van der Waals surface area contributed by atoms with E-state index in [2.05, 4.69) is 66.2 Å². The number of hydrogen-bond acceptors (Lipinski definition) is 2. The highest BCUT2D eigenvalue weighted by Gasteiger charge is 2.07. The molecule has 2 rings (SSSR count). The fourth-order valence-electron chi connectivity index (χ4n) is 1.85. The van der Waals surface area contributed by atoms with E-state index in [1.165, 1.54) is 20.9 Å². The van der Waals surface area contributed by atoms with E-state index < -0.39 is 0 Å². The Balaban J connectivity index is 2.24. The van der Waals surface area contributed by atoms with Crippen molar-refractivity contribution < 1.29 is 0 Å². The third-order valence-corrected chi connectivity index (χ3v) is 4.84. The first-order valence-corrected chi connectivity index (χ1v) is 7.88. The molecule has 0 unspecified atom stereocenters. The van der Waals surface area contributed by atoms with Gasteiger partial charge in [-0.15, -0.1) is 0 Å². The fraction of sp³-hybridized carbons (Fsp3) is 0.250. The summed E-state index contributed by atoms with van der Waals surface area (Å²) in [6.07, 6.45) is 0. The lowest BCUT2D eigenvalue weighted by Gasteiger charge is -2.10. The number of benzene rings is 2. The number of halogens is 1. The average molecular weight is 336 g/mol. The Morgan fingerprint density at radius 3 is 2.21 bits per heavy atom. The van der Waals surface area contributed by atoms with Gasteiger partial charge in [-0.1, -0.05) is 39.8 Å². The van der Waals surface area contributed by atoms with Crippen LogP contribution in [0.2, 0.25) is 0 Å². The van der Waals surface area contributed by atoms with Crippen molar-refractivity contribution >= 4 is 27.7 Å². The summed E-state index contributed by atoms with van der Waals surface area (Å²) in [5, 5.41) is 0. The highest BCUT2D eigenvalue weighted by Crippen LogP contribution is 2.33. The molecule has 0 bridgehead atoms.